The van der Waals surface area contributed by atoms with Gasteiger partial charge in [-0.25, -0.2) is 64.3 Å². The Bertz CT molecular complexity index is 5060. The minimum absolute atomic E-state index is 0.0439. The van der Waals surface area contributed by atoms with Gasteiger partial charge >= 0.3 is 7.12 Å². The second-order valence-corrected chi connectivity index (χ2v) is 30.4. The van der Waals surface area contributed by atoms with E-state index in [1.165, 1.54) is 121 Å². The van der Waals surface area contributed by atoms with E-state index in [0.29, 0.717) is 57.3 Å². The normalized spacial score (nSPS) is 12.7. The van der Waals surface area contributed by atoms with Gasteiger partial charge in [0, 0.05) is 29.2 Å². The van der Waals surface area contributed by atoms with Gasteiger partial charge in [-0.2, -0.15) is 0 Å². The zero-order valence-corrected chi connectivity index (χ0v) is 60.7. The number of thiol groups is 1. The third-order valence-electron chi connectivity index (χ3n) is 13.7. The standard InChI is InChI=1S/C20H14FN3O3S2.C15H19BN2O3S.C11H7ClFNO2S.C11H7ClFNS.C6H5FS.C5H3Cl2N/c1-12(25)22-20-24-16-10-9-13(11-17(16)28-20)15-6-4-8-19(23-15)29(26,27)18-7-3-2-5-14(18)21;1-9(19)17-13-18-11-7-6-10(8-12(11)22-13)16-20-14(2,3)15(4,5)21-16;12-10-6-3-7-11(14-10)17(15,16)9-5-2-1-4-8(9)13;12-10-6-3-7-11(14-10)15-9-5-2-1-4-8(9)13;7-5-3-1-2-4-6(5)8;6-4-2-1-3-5(7)8-4/h2-11H,1H3,(H,22,24,25);6-8H,1-5H3,(H,17,18,19);1-7H;1-7H;1-4,8H;1-3H. The molecule has 1 fully saturated rings. The maximum atomic E-state index is 14.0. The van der Waals surface area contributed by atoms with Gasteiger partial charge in [0.25, 0.3) is 0 Å². The number of halogens is 8. The first-order valence-electron chi connectivity index (χ1n) is 29.0. The van der Waals surface area contributed by atoms with Crippen LogP contribution < -0.4 is 16.1 Å². The van der Waals surface area contributed by atoms with Gasteiger partial charge in [-0.05, 0) is 154 Å². The molecule has 6 aromatic heterocycles. The van der Waals surface area contributed by atoms with Crippen molar-refractivity contribution < 1.29 is 53.3 Å². The van der Waals surface area contributed by atoms with E-state index in [1.807, 2.05) is 52.0 Å². The molecule has 1 aliphatic rings. The van der Waals surface area contributed by atoms with Gasteiger partial charge in [0.2, 0.25) is 31.5 Å². The summed E-state index contributed by atoms with van der Waals surface area (Å²) < 4.78 is 117. The second kappa shape index (κ2) is 34.5. The van der Waals surface area contributed by atoms with E-state index in [9.17, 15) is 44.0 Å². The van der Waals surface area contributed by atoms with Crippen molar-refractivity contribution in [3.8, 4) is 11.3 Å². The maximum Gasteiger partial charge on any atom is 0.494 e. The summed E-state index contributed by atoms with van der Waals surface area (Å²) in [6.45, 7) is 11.0. The van der Waals surface area contributed by atoms with E-state index in [1.54, 1.807) is 97.1 Å². The fraction of sp³-hybridized carbons (Fsp3) is 0.118. The van der Waals surface area contributed by atoms with Crippen LogP contribution in [0.25, 0.3) is 31.7 Å². The van der Waals surface area contributed by atoms with Crippen LogP contribution in [-0.4, -0.2) is 76.9 Å². The smallest absolute Gasteiger partial charge is 0.399 e. The summed E-state index contributed by atoms with van der Waals surface area (Å²) in [4.78, 5) is 46.9. The van der Waals surface area contributed by atoms with Crippen LogP contribution in [-0.2, 0) is 38.6 Å². The number of fused-ring (bicyclic) bond motifs is 2. The quantitative estimate of drug-likeness (QED) is 0.0501. The first-order valence-corrected chi connectivity index (χ1v) is 36.3. The molecule has 2 amide bonds. The Hall–Kier alpha value is -7.90. The first-order chi connectivity index (χ1) is 46.9. The molecule has 0 unspecified atom stereocenters. The Morgan fingerprint density at radius 2 is 0.919 bits per heavy atom. The topological polar surface area (TPSA) is 222 Å². The molecule has 2 N–H and O–H groups in total. The fourth-order valence-corrected chi connectivity index (χ4v) is 14.6. The van der Waals surface area contributed by atoms with Gasteiger partial charge in [0.15, 0.2) is 20.3 Å². The Kier molecular flexibility index (Phi) is 26.7. The van der Waals surface area contributed by atoms with Crippen molar-refractivity contribution in [2.75, 3.05) is 10.6 Å². The SMILES string of the molecule is CC(=O)Nc1nc2ccc(-c3cccc(S(=O)(=O)c4ccccc4F)n3)cc2s1.CC(=O)Nc1nc2ccc(B3OC(C)(C)C(C)(C)O3)cc2s1.Clc1cccc(Cl)n1.Fc1ccccc1S.Fc1ccccc1Sc1cccc(Cl)n1.O=S(=O)(c1cccc(Cl)n1)c1ccccc1F. The molecule has 31 heteroatoms. The molecule has 0 aliphatic carbocycles. The molecule has 99 heavy (non-hydrogen) atoms. The molecule has 0 saturated carbocycles. The van der Waals surface area contributed by atoms with E-state index in [4.69, 9.17) is 55.7 Å². The molecule has 1 saturated heterocycles. The second-order valence-electron chi connectivity index (χ2n) is 21.5. The Morgan fingerprint density at radius 3 is 1.38 bits per heavy atom. The van der Waals surface area contributed by atoms with Crippen LogP contribution in [0.15, 0.2) is 241 Å². The lowest BCUT2D eigenvalue weighted by atomic mass is 9.79. The highest BCUT2D eigenvalue weighted by Crippen LogP contribution is 2.38. The summed E-state index contributed by atoms with van der Waals surface area (Å²) in [5, 5.41) is 7.94. The van der Waals surface area contributed by atoms with Crippen molar-refractivity contribution >= 4 is 168 Å². The summed E-state index contributed by atoms with van der Waals surface area (Å²) in [5.74, 6) is -2.48. The number of rotatable bonds is 10. The van der Waals surface area contributed by atoms with Crippen LogP contribution in [0.3, 0.4) is 0 Å². The molecule has 13 rings (SSSR count). The number of carbonyl (C=O) groups excluding carboxylic acids is 2. The highest BCUT2D eigenvalue weighted by molar-refractivity contribution is 7.99. The van der Waals surface area contributed by atoms with E-state index in [0.717, 1.165) is 32.5 Å². The predicted octanol–water partition coefficient (Wildman–Crippen LogP) is 18.1. The number of hydrogen-bond donors (Lipinski definition) is 3. The summed E-state index contributed by atoms with van der Waals surface area (Å²) in [6, 6.07) is 53.6. The number of carbonyl (C=O) groups is 2. The fourth-order valence-electron chi connectivity index (χ4n) is 8.30. The molecule has 12 aromatic rings. The average molecular weight is 1530 g/mol. The molecule has 0 spiro atoms. The Morgan fingerprint density at radius 1 is 0.485 bits per heavy atom. The number of benzene rings is 6. The zero-order valence-electron chi connectivity index (χ0n) is 52.7. The number of hydrogen-bond acceptors (Lipinski definition) is 18. The maximum absolute atomic E-state index is 14.0. The monoisotopic (exact) mass is 1530 g/mol. The summed E-state index contributed by atoms with van der Waals surface area (Å²) in [7, 11) is -8.45. The van der Waals surface area contributed by atoms with Gasteiger partial charge in [-0.3, -0.25) is 9.59 Å². The number of aromatic nitrogens is 6. The van der Waals surface area contributed by atoms with Gasteiger partial charge in [-0.1, -0.05) is 166 Å². The van der Waals surface area contributed by atoms with Gasteiger partial charge in [0.05, 0.1) is 37.3 Å². The van der Waals surface area contributed by atoms with E-state index < -0.39 is 41.1 Å². The van der Waals surface area contributed by atoms with Gasteiger partial charge in [-0.15, -0.1) is 12.6 Å². The molecular formula is C68H55BCl4F4N8O8S6. The molecule has 1 aliphatic heterocycles. The van der Waals surface area contributed by atoms with Crippen molar-refractivity contribution in [1.82, 2.24) is 29.9 Å². The van der Waals surface area contributed by atoms with Crippen molar-refractivity contribution in [2.24, 2.45) is 0 Å². The number of sulfone groups is 2. The molecule has 0 bridgehead atoms. The lowest BCUT2D eigenvalue weighted by molar-refractivity contribution is -0.115. The number of nitrogens with one attached hydrogen (secondary N) is 2. The van der Waals surface area contributed by atoms with Crippen molar-refractivity contribution in [1.29, 1.82) is 0 Å². The molecule has 0 radical (unpaired) electrons. The van der Waals surface area contributed by atoms with Crippen LogP contribution in [0.4, 0.5) is 27.8 Å². The van der Waals surface area contributed by atoms with Crippen LogP contribution in [0.5, 0.6) is 0 Å². The van der Waals surface area contributed by atoms with Gasteiger partial charge in [0.1, 0.15) is 58.7 Å². The summed E-state index contributed by atoms with van der Waals surface area (Å²) in [5.41, 5.74) is 2.92. The number of amides is 2. The number of thiazole rings is 2. The highest BCUT2D eigenvalue weighted by Gasteiger charge is 2.51. The van der Waals surface area contributed by atoms with Crippen molar-refractivity contribution in [3.63, 3.8) is 0 Å². The lowest BCUT2D eigenvalue weighted by Gasteiger charge is -2.32. The Balaban J connectivity index is 0.000000160. The molecule has 510 valence electrons. The molecule has 0 atom stereocenters. The minimum Gasteiger partial charge on any atom is -0.399 e. The van der Waals surface area contributed by atoms with Crippen LogP contribution >= 0.6 is 93.5 Å². The largest absolute Gasteiger partial charge is 0.494 e. The highest BCUT2D eigenvalue weighted by atomic mass is 35.5. The molecule has 16 nitrogen and oxygen atoms in total. The summed E-state index contributed by atoms with van der Waals surface area (Å²) in [6.07, 6.45) is 0. The van der Waals surface area contributed by atoms with E-state index in [-0.39, 0.29) is 57.0 Å². The molecular weight excluding hydrogens is 1480 g/mol. The number of anilines is 2. The zero-order chi connectivity index (χ0) is 71.8. The molecule has 6 aromatic carbocycles. The van der Waals surface area contributed by atoms with Gasteiger partial charge < -0.3 is 19.9 Å². The van der Waals surface area contributed by atoms with Crippen LogP contribution in [0.2, 0.25) is 20.6 Å². The van der Waals surface area contributed by atoms with E-state index in [2.05, 4.69) is 53.2 Å². The Labute approximate surface area is 606 Å². The van der Waals surface area contributed by atoms with Crippen molar-refractivity contribution in [2.45, 2.75) is 87.4 Å². The average Bonchev–Trinajstić information content (AvgIpc) is 1.72. The number of nitrogens with zero attached hydrogens (tertiary/aromatic N) is 6. The van der Waals surface area contributed by atoms with Crippen LogP contribution in [0, 0.1) is 23.3 Å². The van der Waals surface area contributed by atoms with Crippen molar-refractivity contribution in [3.05, 3.63) is 250 Å². The molecule has 7 heterocycles. The minimum atomic E-state index is -4.10. The predicted molar refractivity (Wildman–Crippen MR) is 387 cm³/mol. The lowest BCUT2D eigenvalue weighted by Crippen LogP contribution is -2.41. The first kappa shape index (κ1) is 76.9. The van der Waals surface area contributed by atoms with Crippen LogP contribution in [0.1, 0.15) is 41.5 Å². The van der Waals surface area contributed by atoms with E-state index >= 15 is 0 Å². The third kappa shape index (κ3) is 21.3. The number of pyridine rings is 4. The third-order valence-corrected chi connectivity index (χ3v) is 21.1. The summed E-state index contributed by atoms with van der Waals surface area (Å²) >= 11 is 30.1.